The van der Waals surface area contributed by atoms with E-state index < -0.39 is 6.10 Å². The molecule has 1 aliphatic heterocycles. The normalized spacial score (nSPS) is 18.2. The highest BCUT2D eigenvalue weighted by molar-refractivity contribution is 5.81. The molecule has 2 atom stereocenters. The summed E-state index contributed by atoms with van der Waals surface area (Å²) in [7, 11) is 0. The Balaban J connectivity index is 1.54. The largest absolute Gasteiger partial charge is 0.481 e. The lowest BCUT2D eigenvalue weighted by Gasteiger charge is -2.22. The molecule has 0 bridgehead atoms. The lowest BCUT2D eigenvalue weighted by atomic mass is 9.99. The van der Waals surface area contributed by atoms with Gasteiger partial charge in [0.1, 0.15) is 5.75 Å². The average Bonchev–Trinajstić information content (AvgIpc) is 3.10. The number of amides is 1. The minimum absolute atomic E-state index is 0.0324. The molecule has 1 N–H and O–H groups in total. The minimum Gasteiger partial charge on any atom is -0.481 e. The van der Waals surface area contributed by atoms with Gasteiger partial charge in [0.25, 0.3) is 5.91 Å². The second-order valence-corrected chi connectivity index (χ2v) is 6.69. The second-order valence-electron chi connectivity index (χ2n) is 6.69. The maximum absolute atomic E-state index is 12.7. The van der Waals surface area contributed by atoms with E-state index in [1.165, 1.54) is 5.56 Å². The SMILES string of the molecule is CC(Oc1cccc(CO)c1)C(=O)N1CCC(Cc2ccccc2)C1. The fourth-order valence-corrected chi connectivity index (χ4v) is 3.38. The van der Waals surface area contributed by atoms with Crippen LogP contribution in [-0.4, -0.2) is 35.1 Å². The second kappa shape index (κ2) is 8.17. The third-order valence-corrected chi connectivity index (χ3v) is 4.71. The van der Waals surface area contributed by atoms with Crippen LogP contribution in [0, 0.1) is 5.92 Å². The third kappa shape index (κ3) is 4.60. The van der Waals surface area contributed by atoms with E-state index in [1.54, 1.807) is 13.0 Å². The lowest BCUT2D eigenvalue weighted by Crippen LogP contribution is -2.39. The number of carbonyl (C=O) groups is 1. The Morgan fingerprint density at radius 2 is 1.96 bits per heavy atom. The van der Waals surface area contributed by atoms with Crippen LogP contribution in [0.15, 0.2) is 54.6 Å². The van der Waals surface area contributed by atoms with Crippen LogP contribution < -0.4 is 4.74 Å². The summed E-state index contributed by atoms with van der Waals surface area (Å²) < 4.78 is 5.78. The minimum atomic E-state index is -0.524. The first-order valence-electron chi connectivity index (χ1n) is 8.85. The molecule has 3 rings (SSSR count). The molecule has 1 fully saturated rings. The summed E-state index contributed by atoms with van der Waals surface area (Å²) >= 11 is 0. The molecule has 0 aliphatic carbocycles. The van der Waals surface area contributed by atoms with E-state index in [1.807, 2.05) is 29.2 Å². The lowest BCUT2D eigenvalue weighted by molar-refractivity contribution is -0.137. The van der Waals surface area contributed by atoms with Crippen molar-refractivity contribution in [2.45, 2.75) is 32.5 Å². The summed E-state index contributed by atoms with van der Waals surface area (Å²) in [5, 5.41) is 9.20. The van der Waals surface area contributed by atoms with Gasteiger partial charge in [-0.3, -0.25) is 4.79 Å². The van der Waals surface area contributed by atoms with Crippen LogP contribution in [0.5, 0.6) is 5.75 Å². The summed E-state index contributed by atoms with van der Waals surface area (Å²) in [5.74, 6) is 1.16. The van der Waals surface area contributed by atoms with Crippen LogP contribution in [0.3, 0.4) is 0 Å². The predicted octanol–water partition coefficient (Wildman–Crippen LogP) is 3.04. The monoisotopic (exact) mass is 339 g/mol. The molecule has 0 saturated carbocycles. The molecule has 1 heterocycles. The molecule has 1 aliphatic rings. The molecule has 0 aromatic heterocycles. The number of aliphatic hydroxyl groups excluding tert-OH is 1. The van der Waals surface area contributed by atoms with Gasteiger partial charge in [-0.1, -0.05) is 42.5 Å². The summed E-state index contributed by atoms with van der Waals surface area (Å²) in [4.78, 5) is 14.6. The van der Waals surface area contributed by atoms with Crippen molar-refractivity contribution in [3.63, 3.8) is 0 Å². The van der Waals surface area contributed by atoms with E-state index in [9.17, 15) is 9.90 Å². The predicted molar refractivity (Wildman–Crippen MR) is 97.3 cm³/mol. The van der Waals surface area contributed by atoms with Crippen molar-refractivity contribution in [2.75, 3.05) is 13.1 Å². The van der Waals surface area contributed by atoms with Gasteiger partial charge in [-0.05, 0) is 48.9 Å². The van der Waals surface area contributed by atoms with Crippen LogP contribution in [0.25, 0.3) is 0 Å². The topological polar surface area (TPSA) is 49.8 Å². The Kier molecular flexibility index (Phi) is 5.71. The van der Waals surface area contributed by atoms with Crippen molar-refractivity contribution in [3.05, 3.63) is 65.7 Å². The van der Waals surface area contributed by atoms with Crippen molar-refractivity contribution in [2.24, 2.45) is 5.92 Å². The maximum Gasteiger partial charge on any atom is 0.263 e. The molecule has 4 heteroatoms. The van der Waals surface area contributed by atoms with Crippen LogP contribution in [0.1, 0.15) is 24.5 Å². The highest BCUT2D eigenvalue weighted by Crippen LogP contribution is 2.22. The first-order valence-corrected chi connectivity index (χ1v) is 8.85. The molecule has 25 heavy (non-hydrogen) atoms. The average molecular weight is 339 g/mol. The van der Waals surface area contributed by atoms with E-state index in [4.69, 9.17) is 4.74 Å². The van der Waals surface area contributed by atoms with Gasteiger partial charge in [0, 0.05) is 13.1 Å². The number of likely N-dealkylation sites (tertiary alicyclic amines) is 1. The van der Waals surface area contributed by atoms with E-state index >= 15 is 0 Å². The number of ether oxygens (including phenoxy) is 1. The molecule has 4 nitrogen and oxygen atoms in total. The first-order chi connectivity index (χ1) is 12.2. The highest BCUT2D eigenvalue weighted by atomic mass is 16.5. The summed E-state index contributed by atoms with van der Waals surface area (Å²) in [5.41, 5.74) is 2.10. The molecule has 1 amide bonds. The van der Waals surface area contributed by atoms with Gasteiger partial charge in [0.15, 0.2) is 6.10 Å². The number of hydrogen-bond donors (Lipinski definition) is 1. The van der Waals surface area contributed by atoms with Crippen LogP contribution in [0.4, 0.5) is 0 Å². The van der Waals surface area contributed by atoms with Crippen molar-refractivity contribution >= 4 is 5.91 Å². The first kappa shape index (κ1) is 17.5. The van der Waals surface area contributed by atoms with E-state index in [-0.39, 0.29) is 12.5 Å². The fourth-order valence-electron chi connectivity index (χ4n) is 3.38. The molecule has 1 saturated heterocycles. The van der Waals surface area contributed by atoms with Gasteiger partial charge in [-0.2, -0.15) is 0 Å². The van der Waals surface area contributed by atoms with Gasteiger partial charge >= 0.3 is 0 Å². The van der Waals surface area contributed by atoms with Gasteiger partial charge in [0.2, 0.25) is 0 Å². The van der Waals surface area contributed by atoms with E-state index in [0.717, 1.165) is 31.5 Å². The molecule has 2 aromatic rings. The number of aliphatic hydroxyl groups is 1. The van der Waals surface area contributed by atoms with Crippen molar-refractivity contribution in [1.82, 2.24) is 4.90 Å². The smallest absolute Gasteiger partial charge is 0.263 e. The molecular formula is C21H25NO3. The molecule has 0 radical (unpaired) electrons. The standard InChI is InChI=1S/C21H25NO3/c1-16(25-20-9-5-8-19(13-20)15-23)21(24)22-11-10-18(14-22)12-17-6-3-2-4-7-17/h2-9,13,16,18,23H,10-12,14-15H2,1H3. The number of hydrogen-bond acceptors (Lipinski definition) is 3. The Bertz CT molecular complexity index is 701. The Morgan fingerprint density at radius 3 is 2.72 bits per heavy atom. The quantitative estimate of drug-likeness (QED) is 0.880. The van der Waals surface area contributed by atoms with E-state index in [2.05, 4.69) is 24.3 Å². The van der Waals surface area contributed by atoms with Gasteiger partial charge < -0.3 is 14.7 Å². The molecular weight excluding hydrogens is 314 g/mol. The van der Waals surface area contributed by atoms with Crippen LogP contribution in [0.2, 0.25) is 0 Å². The van der Waals surface area contributed by atoms with Crippen molar-refractivity contribution in [1.29, 1.82) is 0 Å². The summed E-state index contributed by atoms with van der Waals surface area (Å²) in [6.45, 7) is 3.34. The highest BCUT2D eigenvalue weighted by Gasteiger charge is 2.29. The summed E-state index contributed by atoms with van der Waals surface area (Å²) in [6.07, 6.45) is 1.52. The molecule has 0 spiro atoms. The van der Waals surface area contributed by atoms with Gasteiger partial charge in [-0.15, -0.1) is 0 Å². The summed E-state index contributed by atoms with van der Waals surface area (Å²) in [6, 6.07) is 17.7. The molecule has 2 unspecified atom stereocenters. The van der Waals surface area contributed by atoms with Crippen molar-refractivity contribution < 1.29 is 14.6 Å². The molecule has 132 valence electrons. The van der Waals surface area contributed by atoms with Crippen LogP contribution >= 0.6 is 0 Å². The fraction of sp³-hybridized carbons (Fsp3) is 0.381. The number of carbonyl (C=O) groups excluding carboxylic acids is 1. The Labute approximate surface area is 149 Å². The van der Waals surface area contributed by atoms with Gasteiger partial charge in [-0.25, -0.2) is 0 Å². The number of benzene rings is 2. The Hall–Kier alpha value is -2.33. The maximum atomic E-state index is 12.7. The zero-order valence-electron chi connectivity index (χ0n) is 14.6. The van der Waals surface area contributed by atoms with Gasteiger partial charge in [0.05, 0.1) is 6.61 Å². The van der Waals surface area contributed by atoms with E-state index in [0.29, 0.717) is 11.7 Å². The Morgan fingerprint density at radius 1 is 1.20 bits per heavy atom. The van der Waals surface area contributed by atoms with Crippen molar-refractivity contribution in [3.8, 4) is 5.75 Å². The number of nitrogens with zero attached hydrogens (tertiary/aromatic N) is 1. The van der Waals surface area contributed by atoms with Crippen LogP contribution in [-0.2, 0) is 17.8 Å². The zero-order valence-corrected chi connectivity index (χ0v) is 14.6. The number of rotatable bonds is 6. The third-order valence-electron chi connectivity index (χ3n) is 4.71. The molecule has 2 aromatic carbocycles. The zero-order chi connectivity index (χ0) is 17.6.